The third-order valence-electron chi connectivity index (χ3n) is 6.32. The first-order valence-electron chi connectivity index (χ1n) is 11.5. The molecule has 2 aromatic carbocycles. The highest BCUT2D eigenvalue weighted by Crippen LogP contribution is 2.32. The largest absolute Gasteiger partial charge is 0.462 e. The summed E-state index contributed by atoms with van der Waals surface area (Å²) in [5.41, 5.74) is 4.68. The average Bonchev–Trinajstić information content (AvgIpc) is 3.41. The highest BCUT2D eigenvalue weighted by molar-refractivity contribution is 7.98. The molecular formula is C26H26N4O3S. The predicted molar refractivity (Wildman–Crippen MR) is 132 cm³/mol. The van der Waals surface area contributed by atoms with Gasteiger partial charge in [-0.1, -0.05) is 30.0 Å². The number of esters is 1. The van der Waals surface area contributed by atoms with Gasteiger partial charge in [0.1, 0.15) is 12.4 Å². The summed E-state index contributed by atoms with van der Waals surface area (Å²) in [5.74, 6) is 0.303. The Bertz CT molecular complexity index is 1370. The van der Waals surface area contributed by atoms with Crippen LogP contribution in [0.3, 0.4) is 0 Å². The van der Waals surface area contributed by atoms with E-state index in [2.05, 4.69) is 16.3 Å². The molecule has 1 aliphatic carbocycles. The van der Waals surface area contributed by atoms with Crippen molar-refractivity contribution in [1.82, 2.24) is 19.3 Å². The molecule has 5 rings (SSSR count). The van der Waals surface area contributed by atoms with Gasteiger partial charge in [-0.05, 0) is 74.8 Å². The summed E-state index contributed by atoms with van der Waals surface area (Å²) >= 11 is 1.51. The van der Waals surface area contributed by atoms with Gasteiger partial charge >= 0.3 is 5.97 Å². The molecule has 4 aromatic rings. The fourth-order valence-corrected chi connectivity index (χ4v) is 5.27. The molecule has 0 unspecified atom stereocenters. The number of hydrogen-bond acceptors (Lipinski definition) is 6. The lowest BCUT2D eigenvalue weighted by Crippen LogP contribution is -2.19. The Morgan fingerprint density at radius 2 is 1.79 bits per heavy atom. The van der Waals surface area contributed by atoms with Crippen molar-refractivity contribution in [2.45, 2.75) is 44.2 Å². The van der Waals surface area contributed by atoms with E-state index in [1.807, 2.05) is 52.6 Å². The molecule has 2 aromatic heterocycles. The molecule has 8 heteroatoms. The fourth-order valence-electron chi connectivity index (χ4n) is 4.73. The van der Waals surface area contributed by atoms with Gasteiger partial charge in [0.2, 0.25) is 5.91 Å². The highest BCUT2D eigenvalue weighted by atomic mass is 32.2. The van der Waals surface area contributed by atoms with E-state index >= 15 is 0 Å². The van der Waals surface area contributed by atoms with Crippen molar-refractivity contribution in [1.29, 1.82) is 0 Å². The maximum absolute atomic E-state index is 13.1. The number of carbonyl (C=O) groups is 2. The van der Waals surface area contributed by atoms with Crippen molar-refractivity contribution in [2.24, 2.45) is 0 Å². The van der Waals surface area contributed by atoms with Crippen molar-refractivity contribution in [3.05, 3.63) is 71.2 Å². The number of benzene rings is 2. The predicted octanol–water partition coefficient (Wildman–Crippen LogP) is 5.02. The number of thioether (sulfide) groups is 1. The topological polar surface area (TPSA) is 79.0 Å². The number of ether oxygens (including phenoxy) is 1. The smallest absolute Gasteiger partial charge is 0.338 e. The Kier molecular flexibility index (Phi) is 6.24. The number of para-hydroxylation sites is 1. The first-order valence-corrected chi connectivity index (χ1v) is 12.7. The van der Waals surface area contributed by atoms with E-state index in [0.29, 0.717) is 5.56 Å². The average molecular weight is 475 g/mol. The molecule has 0 amide bonds. The first-order chi connectivity index (χ1) is 16.6. The van der Waals surface area contributed by atoms with Crippen LogP contribution in [0.2, 0.25) is 0 Å². The maximum Gasteiger partial charge on any atom is 0.338 e. The summed E-state index contributed by atoms with van der Waals surface area (Å²) < 4.78 is 9.22. The summed E-state index contributed by atoms with van der Waals surface area (Å²) in [4.78, 5) is 25.7. The number of hydrogen-bond donors (Lipinski definition) is 0. The van der Waals surface area contributed by atoms with Crippen LogP contribution in [0.5, 0.6) is 0 Å². The van der Waals surface area contributed by atoms with E-state index in [4.69, 9.17) is 4.74 Å². The minimum Gasteiger partial charge on any atom is -0.462 e. The number of aryl methyl sites for hydroxylation is 2. The van der Waals surface area contributed by atoms with Crippen LogP contribution in [0.1, 0.15) is 51.5 Å². The summed E-state index contributed by atoms with van der Waals surface area (Å²) in [6, 6.07) is 15.2. The Morgan fingerprint density at radius 1 is 1.03 bits per heavy atom. The van der Waals surface area contributed by atoms with E-state index < -0.39 is 5.97 Å². The number of rotatable bonds is 6. The molecule has 0 saturated carbocycles. The third kappa shape index (κ3) is 4.03. The van der Waals surface area contributed by atoms with E-state index in [-0.39, 0.29) is 18.9 Å². The van der Waals surface area contributed by atoms with Crippen LogP contribution in [0.15, 0.2) is 53.7 Å². The second-order valence-electron chi connectivity index (χ2n) is 8.38. The Morgan fingerprint density at radius 3 is 2.59 bits per heavy atom. The van der Waals surface area contributed by atoms with Crippen LogP contribution < -0.4 is 0 Å². The summed E-state index contributed by atoms with van der Waals surface area (Å²) in [5, 5.41) is 10.2. The Hall–Kier alpha value is -3.39. The van der Waals surface area contributed by atoms with Gasteiger partial charge in [0.15, 0.2) is 5.16 Å². The first kappa shape index (κ1) is 22.4. The lowest BCUT2D eigenvalue weighted by molar-refractivity contribution is 0.0489. The number of nitrogens with zero attached hydrogens (tertiary/aromatic N) is 4. The molecule has 0 N–H and O–H groups in total. The third-order valence-corrected chi connectivity index (χ3v) is 6.95. The molecule has 0 spiro atoms. The molecule has 1 aliphatic rings. The van der Waals surface area contributed by atoms with Gasteiger partial charge in [-0.2, -0.15) is 0 Å². The van der Waals surface area contributed by atoms with Crippen molar-refractivity contribution >= 4 is 34.5 Å². The normalized spacial score (nSPS) is 13.1. The molecule has 0 saturated heterocycles. The van der Waals surface area contributed by atoms with Crippen LogP contribution in [0.25, 0.3) is 16.6 Å². The SMILES string of the molecule is CSc1nnc(C)n1-c1ccc(C(=O)OCCC(=O)n2c3c(c4ccccc42)CCCC3)cc1. The maximum atomic E-state index is 13.1. The molecule has 0 aliphatic heterocycles. The molecule has 0 atom stereocenters. The standard InChI is InChI=1S/C26H26N4O3S/c1-17-27-28-26(34-2)29(17)19-13-11-18(12-14-19)25(32)33-16-15-24(31)30-22-9-5-3-7-20(22)21-8-4-6-10-23(21)30/h3,5,7,9,11-14H,4,6,8,10,15-16H2,1-2H3. The Labute approximate surface area is 202 Å². The van der Waals surface area contributed by atoms with E-state index in [9.17, 15) is 9.59 Å². The Balaban J connectivity index is 1.26. The number of aromatic nitrogens is 4. The lowest BCUT2D eigenvalue weighted by Gasteiger charge is -2.15. The molecule has 7 nitrogen and oxygen atoms in total. The molecule has 34 heavy (non-hydrogen) atoms. The molecule has 174 valence electrons. The van der Waals surface area contributed by atoms with Crippen molar-refractivity contribution in [3.8, 4) is 5.69 Å². The van der Waals surface area contributed by atoms with Crippen molar-refractivity contribution in [3.63, 3.8) is 0 Å². The zero-order chi connectivity index (χ0) is 23.7. The van der Waals surface area contributed by atoms with Gasteiger partial charge in [-0.25, -0.2) is 4.79 Å². The monoisotopic (exact) mass is 474 g/mol. The number of carbonyl (C=O) groups excluding carboxylic acids is 2. The molecule has 0 bridgehead atoms. The highest BCUT2D eigenvalue weighted by Gasteiger charge is 2.23. The van der Waals surface area contributed by atoms with Crippen LogP contribution in [0.4, 0.5) is 0 Å². The quantitative estimate of drug-likeness (QED) is 0.288. The minimum absolute atomic E-state index is 0.0322. The van der Waals surface area contributed by atoms with Crippen LogP contribution in [0, 0.1) is 6.92 Å². The van der Waals surface area contributed by atoms with Gasteiger partial charge in [0.25, 0.3) is 0 Å². The summed E-state index contributed by atoms with van der Waals surface area (Å²) in [6.45, 7) is 1.93. The molecule has 2 heterocycles. The summed E-state index contributed by atoms with van der Waals surface area (Å²) in [6.07, 6.45) is 6.25. The van der Waals surface area contributed by atoms with E-state index in [0.717, 1.165) is 58.9 Å². The summed E-state index contributed by atoms with van der Waals surface area (Å²) in [7, 11) is 0. The van der Waals surface area contributed by atoms with Gasteiger partial charge < -0.3 is 4.74 Å². The second-order valence-corrected chi connectivity index (χ2v) is 9.15. The van der Waals surface area contributed by atoms with Crippen LogP contribution in [-0.2, 0) is 17.6 Å². The van der Waals surface area contributed by atoms with Gasteiger partial charge in [0, 0.05) is 16.8 Å². The van der Waals surface area contributed by atoms with E-state index in [1.54, 1.807) is 12.1 Å². The minimum atomic E-state index is -0.440. The zero-order valence-electron chi connectivity index (χ0n) is 19.3. The van der Waals surface area contributed by atoms with Crippen molar-refractivity contribution < 1.29 is 14.3 Å². The lowest BCUT2D eigenvalue weighted by atomic mass is 9.95. The van der Waals surface area contributed by atoms with Gasteiger partial charge in [-0.15, -0.1) is 10.2 Å². The van der Waals surface area contributed by atoms with Crippen LogP contribution in [-0.4, -0.2) is 44.1 Å². The molecule has 0 fully saturated rings. The molecule has 0 radical (unpaired) electrons. The van der Waals surface area contributed by atoms with Gasteiger partial charge in [-0.3, -0.25) is 13.9 Å². The van der Waals surface area contributed by atoms with Crippen molar-refractivity contribution in [2.75, 3.05) is 12.9 Å². The number of fused-ring (bicyclic) bond motifs is 3. The second kappa shape index (κ2) is 9.46. The van der Waals surface area contributed by atoms with Gasteiger partial charge in [0.05, 0.1) is 17.5 Å². The zero-order valence-corrected chi connectivity index (χ0v) is 20.1. The fraction of sp³-hybridized carbons (Fsp3) is 0.308. The van der Waals surface area contributed by atoms with Crippen LogP contribution >= 0.6 is 11.8 Å². The molecular weight excluding hydrogens is 448 g/mol. The van der Waals surface area contributed by atoms with E-state index in [1.165, 1.54) is 17.3 Å².